The first-order valence-electron chi connectivity index (χ1n) is 6.70. The largest absolute Gasteiger partial charge is 0.483 e. The number of nitrogens with two attached hydrogens (primary N) is 1. The van der Waals surface area contributed by atoms with Crippen LogP contribution in [0.2, 0.25) is 0 Å². The number of carbonyl (C=O) groups is 2. The number of para-hydroxylation sites is 1. The fourth-order valence-electron chi connectivity index (χ4n) is 2.02. The van der Waals surface area contributed by atoms with Crippen LogP contribution in [0.1, 0.15) is 15.9 Å². The highest BCUT2D eigenvalue weighted by atomic mass is 16.5. The predicted octanol–water partition coefficient (Wildman–Crippen LogP) is 0.556. The van der Waals surface area contributed by atoms with Gasteiger partial charge in [-0.2, -0.15) is 5.10 Å². The molecule has 116 valence electrons. The average molecular weight is 302 g/mol. The normalized spacial score (nSPS) is 10.3. The van der Waals surface area contributed by atoms with Crippen LogP contribution in [0.3, 0.4) is 0 Å². The summed E-state index contributed by atoms with van der Waals surface area (Å²) in [6, 6.07) is 6.75. The summed E-state index contributed by atoms with van der Waals surface area (Å²) in [5.74, 6) is -0.459. The van der Waals surface area contributed by atoms with Gasteiger partial charge in [0, 0.05) is 32.4 Å². The summed E-state index contributed by atoms with van der Waals surface area (Å²) in [5.41, 5.74) is 6.37. The SMILES string of the molecule is CN(Cc1cnn(C)c1)C(=O)c1ccccc1OCC(N)=O. The summed E-state index contributed by atoms with van der Waals surface area (Å²) < 4.78 is 6.96. The number of aromatic nitrogens is 2. The van der Waals surface area contributed by atoms with Gasteiger partial charge in [0.05, 0.1) is 11.8 Å². The minimum atomic E-state index is -0.592. The van der Waals surface area contributed by atoms with Crippen molar-refractivity contribution in [2.45, 2.75) is 6.54 Å². The first kappa shape index (κ1) is 15.6. The van der Waals surface area contributed by atoms with Crippen molar-refractivity contribution in [1.82, 2.24) is 14.7 Å². The van der Waals surface area contributed by atoms with E-state index >= 15 is 0 Å². The summed E-state index contributed by atoms with van der Waals surface area (Å²) in [4.78, 5) is 24.9. The number of hydrogen-bond acceptors (Lipinski definition) is 4. The molecule has 0 aliphatic heterocycles. The van der Waals surface area contributed by atoms with Crippen LogP contribution in [-0.2, 0) is 18.4 Å². The lowest BCUT2D eigenvalue weighted by atomic mass is 10.1. The van der Waals surface area contributed by atoms with Gasteiger partial charge in [-0.15, -0.1) is 0 Å². The van der Waals surface area contributed by atoms with Gasteiger partial charge in [-0.05, 0) is 12.1 Å². The topological polar surface area (TPSA) is 90.4 Å². The molecule has 2 amide bonds. The maximum Gasteiger partial charge on any atom is 0.257 e. The van der Waals surface area contributed by atoms with Crippen molar-refractivity contribution in [3.63, 3.8) is 0 Å². The molecule has 0 unspecified atom stereocenters. The molecule has 0 fully saturated rings. The number of ether oxygens (including phenoxy) is 1. The number of rotatable bonds is 6. The third-order valence-electron chi connectivity index (χ3n) is 3.01. The molecule has 0 aliphatic carbocycles. The molecule has 7 heteroatoms. The maximum absolute atomic E-state index is 12.5. The molecule has 7 nitrogen and oxygen atoms in total. The first-order valence-corrected chi connectivity index (χ1v) is 6.70. The van der Waals surface area contributed by atoms with Gasteiger partial charge in [0.1, 0.15) is 5.75 Å². The predicted molar refractivity (Wildman–Crippen MR) is 80.1 cm³/mol. The Labute approximate surface area is 128 Å². The monoisotopic (exact) mass is 302 g/mol. The summed E-state index contributed by atoms with van der Waals surface area (Å²) in [5, 5.41) is 4.07. The molecule has 0 aliphatic rings. The molecule has 22 heavy (non-hydrogen) atoms. The highest BCUT2D eigenvalue weighted by molar-refractivity contribution is 5.96. The quantitative estimate of drug-likeness (QED) is 0.844. The lowest BCUT2D eigenvalue weighted by Crippen LogP contribution is -2.27. The summed E-state index contributed by atoms with van der Waals surface area (Å²) in [6.45, 7) is 0.160. The van der Waals surface area contributed by atoms with Crippen LogP contribution in [0.4, 0.5) is 0 Å². The Bertz CT molecular complexity index is 681. The van der Waals surface area contributed by atoms with Gasteiger partial charge in [0.15, 0.2) is 6.61 Å². The maximum atomic E-state index is 12.5. The third kappa shape index (κ3) is 3.85. The summed E-state index contributed by atoms with van der Waals surface area (Å²) >= 11 is 0. The van der Waals surface area contributed by atoms with Crippen LogP contribution < -0.4 is 10.5 Å². The number of aryl methyl sites for hydroxylation is 1. The minimum Gasteiger partial charge on any atom is -0.483 e. The van der Waals surface area contributed by atoms with Crippen molar-refractivity contribution in [2.24, 2.45) is 12.8 Å². The number of nitrogens with zero attached hydrogens (tertiary/aromatic N) is 3. The second-order valence-electron chi connectivity index (χ2n) is 4.93. The van der Waals surface area contributed by atoms with E-state index in [4.69, 9.17) is 10.5 Å². The fourth-order valence-corrected chi connectivity index (χ4v) is 2.02. The van der Waals surface area contributed by atoms with E-state index in [-0.39, 0.29) is 12.5 Å². The van der Waals surface area contributed by atoms with Gasteiger partial charge >= 0.3 is 0 Å². The molecule has 0 radical (unpaired) electrons. The third-order valence-corrected chi connectivity index (χ3v) is 3.01. The first-order chi connectivity index (χ1) is 10.5. The molecule has 0 bridgehead atoms. The summed E-state index contributed by atoms with van der Waals surface area (Å²) in [6.07, 6.45) is 3.55. The molecule has 1 aromatic heterocycles. The fraction of sp³-hybridized carbons (Fsp3) is 0.267. The van der Waals surface area contributed by atoms with Crippen molar-refractivity contribution in [2.75, 3.05) is 13.7 Å². The molecule has 0 atom stereocenters. The lowest BCUT2D eigenvalue weighted by Gasteiger charge is -2.18. The van der Waals surface area contributed by atoms with E-state index in [1.807, 2.05) is 13.2 Å². The van der Waals surface area contributed by atoms with Crippen molar-refractivity contribution < 1.29 is 14.3 Å². The second kappa shape index (κ2) is 6.75. The Hall–Kier alpha value is -2.83. The van der Waals surface area contributed by atoms with Crippen LogP contribution in [-0.4, -0.2) is 40.1 Å². The highest BCUT2D eigenvalue weighted by Crippen LogP contribution is 2.20. The molecule has 0 saturated heterocycles. The number of carbonyl (C=O) groups excluding carboxylic acids is 2. The Kier molecular flexibility index (Phi) is 4.77. The molecular formula is C15H18N4O3. The zero-order valence-electron chi connectivity index (χ0n) is 12.5. The average Bonchev–Trinajstić information content (AvgIpc) is 2.89. The van der Waals surface area contributed by atoms with Crippen LogP contribution in [0.15, 0.2) is 36.7 Å². The van der Waals surface area contributed by atoms with Crippen LogP contribution >= 0.6 is 0 Å². The summed E-state index contributed by atoms with van der Waals surface area (Å²) in [7, 11) is 3.51. The molecule has 1 aromatic carbocycles. The van der Waals surface area contributed by atoms with E-state index in [9.17, 15) is 9.59 Å². The molecule has 1 heterocycles. The second-order valence-corrected chi connectivity index (χ2v) is 4.93. The van der Waals surface area contributed by atoms with E-state index in [1.165, 1.54) is 0 Å². The molecule has 2 aromatic rings. The number of primary amides is 1. The zero-order chi connectivity index (χ0) is 16.1. The lowest BCUT2D eigenvalue weighted by molar-refractivity contribution is -0.119. The van der Waals surface area contributed by atoms with Crippen LogP contribution in [0.5, 0.6) is 5.75 Å². The van der Waals surface area contributed by atoms with E-state index in [0.717, 1.165) is 5.56 Å². The van der Waals surface area contributed by atoms with E-state index < -0.39 is 5.91 Å². The molecular weight excluding hydrogens is 284 g/mol. The van der Waals surface area contributed by atoms with Gasteiger partial charge in [-0.1, -0.05) is 12.1 Å². The molecule has 2 N–H and O–H groups in total. The minimum absolute atomic E-state index is 0.205. The van der Waals surface area contributed by atoms with E-state index in [0.29, 0.717) is 17.9 Å². The molecule has 2 rings (SSSR count). The molecule has 0 spiro atoms. The van der Waals surface area contributed by atoms with Crippen LogP contribution in [0, 0.1) is 0 Å². The Morgan fingerprint density at radius 2 is 2.09 bits per heavy atom. The Morgan fingerprint density at radius 1 is 1.36 bits per heavy atom. The van der Waals surface area contributed by atoms with E-state index in [2.05, 4.69) is 5.10 Å². The van der Waals surface area contributed by atoms with Crippen molar-refractivity contribution in [1.29, 1.82) is 0 Å². The molecule has 0 saturated carbocycles. The van der Waals surface area contributed by atoms with Crippen molar-refractivity contribution in [3.8, 4) is 5.75 Å². The van der Waals surface area contributed by atoms with Crippen molar-refractivity contribution in [3.05, 3.63) is 47.8 Å². The van der Waals surface area contributed by atoms with E-state index in [1.54, 1.807) is 47.1 Å². The standard InChI is InChI=1S/C15H18N4O3/c1-18(8-11-7-17-19(2)9-11)15(21)12-5-3-4-6-13(12)22-10-14(16)20/h3-7,9H,8,10H2,1-2H3,(H2,16,20). The highest BCUT2D eigenvalue weighted by Gasteiger charge is 2.17. The number of hydrogen-bond donors (Lipinski definition) is 1. The van der Waals surface area contributed by atoms with Gasteiger partial charge in [-0.25, -0.2) is 0 Å². The van der Waals surface area contributed by atoms with Crippen LogP contribution in [0.25, 0.3) is 0 Å². The number of benzene rings is 1. The smallest absolute Gasteiger partial charge is 0.257 e. The Balaban J connectivity index is 2.12. The van der Waals surface area contributed by atoms with Gasteiger partial charge in [0.2, 0.25) is 0 Å². The van der Waals surface area contributed by atoms with Crippen molar-refractivity contribution >= 4 is 11.8 Å². The van der Waals surface area contributed by atoms with Gasteiger partial charge < -0.3 is 15.4 Å². The van der Waals surface area contributed by atoms with Gasteiger partial charge in [0.25, 0.3) is 11.8 Å². The Morgan fingerprint density at radius 3 is 2.73 bits per heavy atom. The zero-order valence-corrected chi connectivity index (χ0v) is 12.5. The van der Waals surface area contributed by atoms with Gasteiger partial charge in [-0.3, -0.25) is 14.3 Å². The number of amides is 2.